The van der Waals surface area contributed by atoms with Crippen molar-refractivity contribution in [2.45, 2.75) is 0 Å². The smallest absolute Gasteiger partial charge is 0.206 e. The second kappa shape index (κ2) is 8.45. The van der Waals surface area contributed by atoms with E-state index in [0.29, 0.717) is 45.1 Å². The highest BCUT2D eigenvalue weighted by Crippen LogP contribution is 2.34. The van der Waals surface area contributed by atoms with Crippen molar-refractivity contribution in [3.8, 4) is 28.7 Å². The average molecular weight is 446 g/mol. The molecule has 0 N–H and O–H groups in total. The van der Waals surface area contributed by atoms with Crippen LogP contribution in [0.15, 0.2) is 82.9 Å². The van der Waals surface area contributed by atoms with Crippen LogP contribution in [0.1, 0.15) is 22.5 Å². The number of aliphatic imine (C=N–C) groups is 1. The fraction of sp³-hybridized carbons (Fsp3) is 0. The zero-order valence-corrected chi connectivity index (χ0v) is 17.4. The maximum Gasteiger partial charge on any atom is 0.206 e. The molecule has 8 heteroatoms. The summed E-state index contributed by atoms with van der Waals surface area (Å²) in [5.41, 5.74) is 4.21. The topological polar surface area (TPSA) is 78.6 Å². The van der Waals surface area contributed by atoms with Gasteiger partial charge in [0, 0.05) is 22.3 Å². The number of fused-ring (bicyclic) bond motifs is 2. The SMILES string of the molecule is [C-]#[N+]/N=C1/c2ccccc2C(=NC#N)c2nc(-c3ccc(F)cc3)c(-c3ccc(F)cc3)nc21. The zero-order chi connectivity index (χ0) is 23.7. The summed E-state index contributed by atoms with van der Waals surface area (Å²) in [5.74, 6) is -0.823. The Morgan fingerprint density at radius 3 is 1.65 bits per heavy atom. The standard InChI is InChI=1S/C26H12F2N6/c1-30-34-24-20-5-3-2-4-19(20)23(31-14-29)25-26(24)33-22(16-8-12-18(28)13-9-16)21(32-25)15-6-10-17(27)11-7-15/h2-13H/b31-23?,34-24-. The van der Waals surface area contributed by atoms with Crippen molar-refractivity contribution in [1.29, 1.82) is 5.26 Å². The van der Waals surface area contributed by atoms with Gasteiger partial charge in [0.05, 0.1) is 16.5 Å². The van der Waals surface area contributed by atoms with Gasteiger partial charge in [-0.2, -0.15) is 16.8 Å². The van der Waals surface area contributed by atoms with Crippen LogP contribution < -0.4 is 0 Å². The molecule has 34 heavy (non-hydrogen) atoms. The molecule has 5 rings (SSSR count). The predicted octanol–water partition coefficient (Wildman–Crippen LogP) is 5.39. The van der Waals surface area contributed by atoms with Gasteiger partial charge in [0.1, 0.15) is 28.7 Å². The molecule has 0 bridgehead atoms. The first-order valence-corrected chi connectivity index (χ1v) is 10.1. The molecule has 1 heterocycles. The van der Waals surface area contributed by atoms with Gasteiger partial charge in [0.25, 0.3) is 0 Å². The molecule has 0 spiro atoms. The van der Waals surface area contributed by atoms with Crippen molar-refractivity contribution in [1.82, 2.24) is 9.97 Å². The quantitative estimate of drug-likeness (QED) is 0.207. The second-order valence-electron chi connectivity index (χ2n) is 7.29. The van der Waals surface area contributed by atoms with Crippen LogP contribution in [0.5, 0.6) is 0 Å². The van der Waals surface area contributed by atoms with E-state index in [2.05, 4.69) is 15.0 Å². The van der Waals surface area contributed by atoms with Gasteiger partial charge in [-0.15, -0.1) is 4.95 Å². The highest BCUT2D eigenvalue weighted by molar-refractivity contribution is 6.30. The lowest BCUT2D eigenvalue weighted by molar-refractivity contribution is 0.627. The molecule has 0 aliphatic heterocycles. The van der Waals surface area contributed by atoms with Crippen molar-refractivity contribution < 1.29 is 8.78 Å². The van der Waals surface area contributed by atoms with E-state index in [1.165, 1.54) is 24.3 Å². The highest BCUT2D eigenvalue weighted by atomic mass is 19.1. The van der Waals surface area contributed by atoms with Gasteiger partial charge in [-0.3, -0.25) is 0 Å². The number of rotatable bonds is 2. The molecule has 3 aromatic carbocycles. The first-order valence-electron chi connectivity index (χ1n) is 10.1. The average Bonchev–Trinajstić information content (AvgIpc) is 2.86. The molecular formula is C26H12F2N6. The molecule has 6 nitrogen and oxygen atoms in total. The van der Waals surface area contributed by atoms with Crippen molar-refractivity contribution >= 4 is 11.4 Å². The number of hydrogen-bond acceptors (Lipinski definition) is 5. The van der Waals surface area contributed by atoms with E-state index in [4.69, 9.17) is 16.5 Å². The molecule has 0 unspecified atom stereocenters. The minimum atomic E-state index is -0.412. The van der Waals surface area contributed by atoms with Crippen LogP contribution in [0, 0.1) is 29.7 Å². The Morgan fingerprint density at radius 2 is 1.18 bits per heavy atom. The van der Waals surface area contributed by atoms with E-state index in [-0.39, 0.29) is 11.4 Å². The van der Waals surface area contributed by atoms with Gasteiger partial charge in [0.15, 0.2) is 5.71 Å². The van der Waals surface area contributed by atoms with Crippen LogP contribution in [-0.2, 0) is 0 Å². The Bertz CT molecular complexity index is 1450. The van der Waals surface area contributed by atoms with Gasteiger partial charge >= 0.3 is 0 Å². The summed E-state index contributed by atoms with van der Waals surface area (Å²) in [6.45, 7) is 7.32. The van der Waals surface area contributed by atoms with Crippen molar-refractivity contribution in [2.75, 3.05) is 0 Å². The molecule has 0 radical (unpaired) electrons. The van der Waals surface area contributed by atoms with Crippen LogP contribution >= 0.6 is 0 Å². The predicted molar refractivity (Wildman–Crippen MR) is 123 cm³/mol. The summed E-state index contributed by atoms with van der Waals surface area (Å²) in [6.07, 6.45) is 1.81. The van der Waals surface area contributed by atoms with Crippen LogP contribution in [-0.4, -0.2) is 21.4 Å². The molecule has 0 atom stereocenters. The summed E-state index contributed by atoms with van der Waals surface area (Å²) < 4.78 is 27.3. The van der Waals surface area contributed by atoms with E-state index >= 15 is 0 Å². The van der Waals surface area contributed by atoms with Crippen molar-refractivity contribution in [2.24, 2.45) is 10.1 Å². The number of benzene rings is 3. The number of nitrogens with zero attached hydrogens (tertiary/aromatic N) is 6. The lowest BCUT2D eigenvalue weighted by Crippen LogP contribution is -2.25. The van der Waals surface area contributed by atoms with E-state index in [9.17, 15) is 14.0 Å². The normalized spacial score (nSPS) is 14.2. The second-order valence-corrected chi connectivity index (χ2v) is 7.29. The summed E-state index contributed by atoms with van der Waals surface area (Å²) in [4.78, 5) is 16.8. The monoisotopic (exact) mass is 446 g/mol. The Hall–Kier alpha value is -5.08. The molecule has 1 aliphatic carbocycles. The maximum absolute atomic E-state index is 13.6. The van der Waals surface area contributed by atoms with E-state index in [0.717, 1.165) is 0 Å². The first kappa shape index (κ1) is 20.8. The van der Waals surface area contributed by atoms with Crippen LogP contribution in [0.4, 0.5) is 8.78 Å². The third kappa shape index (κ3) is 3.50. The number of nitriles is 1. The summed E-state index contributed by atoms with van der Waals surface area (Å²) in [6, 6.07) is 18.6. The Kier molecular flexibility index (Phi) is 5.17. The third-order valence-corrected chi connectivity index (χ3v) is 5.33. The largest absolute Gasteiger partial charge is 0.241 e. The van der Waals surface area contributed by atoms with Crippen LogP contribution in [0.25, 0.3) is 27.5 Å². The molecular weight excluding hydrogens is 434 g/mol. The summed E-state index contributed by atoms with van der Waals surface area (Å²) in [5, 5.41) is 13.4. The van der Waals surface area contributed by atoms with Crippen LogP contribution in [0.2, 0.25) is 0 Å². The highest BCUT2D eigenvalue weighted by Gasteiger charge is 2.33. The molecule has 0 saturated heterocycles. The lowest BCUT2D eigenvalue weighted by atomic mass is 9.87. The summed E-state index contributed by atoms with van der Waals surface area (Å²) in [7, 11) is 0. The maximum atomic E-state index is 13.6. The van der Waals surface area contributed by atoms with Gasteiger partial charge in [-0.05, 0) is 48.5 Å². The summed E-state index contributed by atoms with van der Waals surface area (Å²) >= 11 is 0. The minimum Gasteiger partial charge on any atom is -0.241 e. The first-order chi connectivity index (χ1) is 16.6. The molecule has 1 aliphatic rings. The Morgan fingerprint density at radius 1 is 0.706 bits per heavy atom. The van der Waals surface area contributed by atoms with Crippen LogP contribution in [0.3, 0.4) is 0 Å². The molecule has 0 amide bonds. The van der Waals surface area contributed by atoms with Gasteiger partial charge in [-0.1, -0.05) is 24.3 Å². The number of halogens is 2. The van der Waals surface area contributed by atoms with Crippen molar-refractivity contribution in [3.63, 3.8) is 0 Å². The van der Waals surface area contributed by atoms with Gasteiger partial charge < -0.3 is 0 Å². The minimum absolute atomic E-state index is 0.271. The molecule has 160 valence electrons. The van der Waals surface area contributed by atoms with Gasteiger partial charge in [-0.25, -0.2) is 18.7 Å². The Labute approximate surface area is 193 Å². The lowest BCUT2D eigenvalue weighted by Gasteiger charge is -2.21. The Balaban J connectivity index is 1.88. The zero-order valence-electron chi connectivity index (χ0n) is 17.4. The molecule has 0 fully saturated rings. The third-order valence-electron chi connectivity index (χ3n) is 5.33. The number of aromatic nitrogens is 2. The molecule has 4 aromatic rings. The van der Waals surface area contributed by atoms with E-state index in [1.54, 1.807) is 48.5 Å². The fourth-order valence-corrected chi connectivity index (χ4v) is 3.85. The number of hydrogen-bond donors (Lipinski definition) is 0. The van der Waals surface area contributed by atoms with E-state index in [1.807, 2.05) is 6.19 Å². The fourth-order valence-electron chi connectivity index (χ4n) is 3.85. The van der Waals surface area contributed by atoms with Crippen molar-refractivity contribution in [3.05, 3.63) is 118 Å². The molecule has 0 saturated carbocycles. The van der Waals surface area contributed by atoms with Gasteiger partial charge in [0.2, 0.25) is 6.19 Å². The molecule has 1 aromatic heterocycles. The van der Waals surface area contributed by atoms with E-state index < -0.39 is 11.6 Å².